The lowest BCUT2D eigenvalue weighted by atomic mass is 10.3. The fourth-order valence-corrected chi connectivity index (χ4v) is 1.65. The lowest BCUT2D eigenvalue weighted by Crippen LogP contribution is -2.03. The minimum absolute atomic E-state index is 0.122. The highest BCUT2D eigenvalue weighted by Crippen LogP contribution is 2.31. The van der Waals surface area contributed by atoms with Crippen LogP contribution in [-0.2, 0) is 0 Å². The van der Waals surface area contributed by atoms with Crippen molar-refractivity contribution in [1.29, 1.82) is 0 Å². The quantitative estimate of drug-likeness (QED) is 0.686. The summed E-state index contributed by atoms with van der Waals surface area (Å²) in [5, 5.41) is 19.6. The second kappa shape index (κ2) is 5.71. The summed E-state index contributed by atoms with van der Waals surface area (Å²) in [5.74, 6) is -2.79. The number of halogens is 2. The average Bonchev–Trinajstić information content (AvgIpc) is 2.40. The second-order valence-corrected chi connectivity index (χ2v) is 4.16. The van der Waals surface area contributed by atoms with Gasteiger partial charge in [0.25, 0.3) is 0 Å². The molecule has 2 aromatic rings. The predicted molar refractivity (Wildman–Crippen MR) is 69.3 cm³/mol. The molecule has 0 aliphatic carbocycles. The smallest absolute Gasteiger partial charge is 0.356 e. The Morgan fingerprint density at radius 3 is 2.71 bits per heavy atom. The number of carbonyl (C=O) groups is 1. The first-order valence-electron chi connectivity index (χ1n) is 5.40. The molecule has 0 amide bonds. The van der Waals surface area contributed by atoms with Crippen LogP contribution in [0.3, 0.4) is 0 Å². The van der Waals surface area contributed by atoms with Crippen LogP contribution in [0.15, 0.2) is 30.3 Å². The first kappa shape index (κ1) is 14.7. The number of hydrogen-bond acceptors (Lipinski definition) is 5. The second-order valence-electron chi connectivity index (χ2n) is 3.76. The van der Waals surface area contributed by atoms with Crippen molar-refractivity contribution in [3.63, 3.8) is 0 Å². The summed E-state index contributed by atoms with van der Waals surface area (Å²) < 4.78 is 18.2. The zero-order valence-corrected chi connectivity index (χ0v) is 10.9. The van der Waals surface area contributed by atoms with Gasteiger partial charge in [0.1, 0.15) is 5.82 Å². The molecule has 0 fully saturated rings. The van der Waals surface area contributed by atoms with Crippen LogP contribution in [0.25, 0.3) is 0 Å². The molecule has 9 heteroatoms. The summed E-state index contributed by atoms with van der Waals surface area (Å²) in [7, 11) is 0. The lowest BCUT2D eigenvalue weighted by molar-refractivity contribution is -0.385. The van der Waals surface area contributed by atoms with Crippen molar-refractivity contribution < 1.29 is 24.0 Å². The number of nitro benzene ring substituents is 1. The van der Waals surface area contributed by atoms with Gasteiger partial charge in [0.15, 0.2) is 5.69 Å². The summed E-state index contributed by atoms with van der Waals surface area (Å²) in [6.07, 6.45) is 0. The maximum atomic E-state index is 13.1. The van der Waals surface area contributed by atoms with Crippen LogP contribution in [0.4, 0.5) is 10.1 Å². The van der Waals surface area contributed by atoms with Crippen LogP contribution in [0, 0.1) is 15.9 Å². The molecule has 1 aromatic carbocycles. The number of rotatable bonds is 4. The van der Waals surface area contributed by atoms with Crippen molar-refractivity contribution in [2.24, 2.45) is 0 Å². The highest BCUT2D eigenvalue weighted by molar-refractivity contribution is 6.33. The van der Waals surface area contributed by atoms with Gasteiger partial charge in [-0.3, -0.25) is 10.1 Å². The SMILES string of the molecule is O=C(O)c1nc(Oc2cc(F)ccc2[N+](=O)[O-])ccc1Cl. The van der Waals surface area contributed by atoms with Crippen LogP contribution < -0.4 is 4.74 Å². The summed E-state index contributed by atoms with van der Waals surface area (Å²) in [6.45, 7) is 0. The van der Waals surface area contributed by atoms with Gasteiger partial charge in [-0.15, -0.1) is 0 Å². The summed E-state index contributed by atoms with van der Waals surface area (Å²) in [6, 6.07) is 5.05. The van der Waals surface area contributed by atoms with E-state index in [0.717, 1.165) is 18.2 Å². The normalized spacial score (nSPS) is 10.2. The zero-order chi connectivity index (χ0) is 15.6. The fourth-order valence-electron chi connectivity index (χ4n) is 1.46. The first-order chi connectivity index (χ1) is 9.88. The Kier molecular flexibility index (Phi) is 3.99. The monoisotopic (exact) mass is 312 g/mol. The number of benzene rings is 1. The third-order valence-corrected chi connectivity index (χ3v) is 2.66. The average molecular weight is 313 g/mol. The largest absolute Gasteiger partial charge is 0.476 e. The van der Waals surface area contributed by atoms with E-state index in [9.17, 15) is 19.3 Å². The number of nitrogens with zero attached hydrogens (tertiary/aromatic N) is 2. The molecule has 0 aliphatic rings. The number of hydrogen-bond donors (Lipinski definition) is 1. The van der Waals surface area contributed by atoms with Gasteiger partial charge < -0.3 is 9.84 Å². The summed E-state index contributed by atoms with van der Waals surface area (Å²) in [4.78, 5) is 24.5. The molecule has 1 N–H and O–H groups in total. The van der Waals surface area contributed by atoms with Crippen LogP contribution in [-0.4, -0.2) is 21.0 Å². The fraction of sp³-hybridized carbons (Fsp3) is 0. The van der Waals surface area contributed by atoms with Crippen LogP contribution >= 0.6 is 11.6 Å². The van der Waals surface area contributed by atoms with Gasteiger partial charge in [-0.05, 0) is 12.1 Å². The van der Waals surface area contributed by atoms with Gasteiger partial charge in [0, 0.05) is 18.2 Å². The summed E-state index contributed by atoms with van der Waals surface area (Å²) >= 11 is 5.63. The van der Waals surface area contributed by atoms with Gasteiger partial charge in [0.2, 0.25) is 11.6 Å². The van der Waals surface area contributed by atoms with E-state index in [1.807, 2.05) is 0 Å². The van der Waals surface area contributed by atoms with E-state index in [-0.39, 0.29) is 10.9 Å². The Morgan fingerprint density at radius 1 is 1.38 bits per heavy atom. The summed E-state index contributed by atoms with van der Waals surface area (Å²) in [5.41, 5.74) is -0.960. The van der Waals surface area contributed by atoms with Crippen molar-refractivity contribution in [3.05, 3.63) is 57.0 Å². The van der Waals surface area contributed by atoms with E-state index in [1.54, 1.807) is 0 Å². The molecular weight excluding hydrogens is 307 g/mol. The number of nitro groups is 1. The van der Waals surface area contributed by atoms with E-state index in [0.29, 0.717) is 0 Å². The Hall–Kier alpha value is -2.74. The van der Waals surface area contributed by atoms with Crippen molar-refractivity contribution >= 4 is 23.3 Å². The standard InChI is InChI=1S/C12H6ClFN2O5/c13-7-2-4-10(15-11(7)12(17)18)21-9-5-6(14)1-3-8(9)16(19)20/h1-5H,(H,17,18). The lowest BCUT2D eigenvalue weighted by Gasteiger charge is -2.07. The maximum absolute atomic E-state index is 13.1. The molecule has 0 atom stereocenters. The van der Waals surface area contributed by atoms with Gasteiger partial charge in [-0.2, -0.15) is 0 Å². The molecular formula is C12H6ClFN2O5. The Morgan fingerprint density at radius 2 is 2.10 bits per heavy atom. The van der Waals surface area contributed by atoms with E-state index in [1.165, 1.54) is 12.1 Å². The molecule has 0 bridgehead atoms. The Balaban J connectivity index is 2.43. The number of ether oxygens (including phenoxy) is 1. The number of pyridine rings is 1. The van der Waals surface area contributed by atoms with E-state index in [2.05, 4.69) is 4.98 Å². The van der Waals surface area contributed by atoms with Crippen molar-refractivity contribution in [2.45, 2.75) is 0 Å². The zero-order valence-electron chi connectivity index (χ0n) is 10.1. The minimum atomic E-state index is -1.39. The maximum Gasteiger partial charge on any atom is 0.356 e. The molecule has 1 aromatic heterocycles. The Labute approximate surface area is 121 Å². The topological polar surface area (TPSA) is 103 Å². The minimum Gasteiger partial charge on any atom is -0.476 e. The third kappa shape index (κ3) is 3.23. The van der Waals surface area contributed by atoms with Crippen LogP contribution in [0.2, 0.25) is 5.02 Å². The number of aromatic carboxylic acids is 1. The molecule has 21 heavy (non-hydrogen) atoms. The van der Waals surface area contributed by atoms with Gasteiger partial charge in [-0.1, -0.05) is 11.6 Å². The third-order valence-electron chi connectivity index (χ3n) is 2.36. The van der Waals surface area contributed by atoms with Crippen molar-refractivity contribution in [3.8, 4) is 11.6 Å². The van der Waals surface area contributed by atoms with Crippen LogP contribution in [0.1, 0.15) is 10.5 Å². The van der Waals surface area contributed by atoms with Gasteiger partial charge in [-0.25, -0.2) is 14.2 Å². The van der Waals surface area contributed by atoms with Crippen molar-refractivity contribution in [1.82, 2.24) is 4.98 Å². The molecule has 1 heterocycles. The Bertz CT molecular complexity index is 738. The number of aromatic nitrogens is 1. The highest BCUT2D eigenvalue weighted by atomic mass is 35.5. The predicted octanol–water partition coefficient (Wildman–Crippen LogP) is 3.27. The highest BCUT2D eigenvalue weighted by Gasteiger charge is 2.19. The molecule has 0 radical (unpaired) electrons. The molecule has 0 aliphatic heterocycles. The van der Waals surface area contributed by atoms with E-state index in [4.69, 9.17) is 21.4 Å². The number of carboxylic acid groups (broad SMARTS) is 1. The molecule has 0 saturated carbocycles. The number of carboxylic acids is 1. The molecule has 0 spiro atoms. The molecule has 108 valence electrons. The molecule has 0 saturated heterocycles. The van der Waals surface area contributed by atoms with E-state index < -0.39 is 33.8 Å². The van der Waals surface area contributed by atoms with Crippen LogP contribution in [0.5, 0.6) is 11.6 Å². The van der Waals surface area contributed by atoms with E-state index >= 15 is 0 Å². The van der Waals surface area contributed by atoms with Gasteiger partial charge in [0.05, 0.1) is 9.95 Å². The molecule has 7 nitrogen and oxygen atoms in total. The van der Waals surface area contributed by atoms with Gasteiger partial charge >= 0.3 is 11.7 Å². The van der Waals surface area contributed by atoms with Crippen molar-refractivity contribution in [2.75, 3.05) is 0 Å². The molecule has 0 unspecified atom stereocenters. The first-order valence-corrected chi connectivity index (χ1v) is 5.78. The molecule has 2 rings (SSSR count).